The van der Waals surface area contributed by atoms with Gasteiger partial charge in [-0.05, 0) is 12.1 Å². The molecule has 23 heavy (non-hydrogen) atoms. The summed E-state index contributed by atoms with van der Waals surface area (Å²) in [5, 5.41) is 7.38. The molecule has 7 nitrogen and oxygen atoms in total. The number of carbonyl (C=O) groups is 2. The number of aromatic nitrogens is 2. The van der Waals surface area contributed by atoms with Gasteiger partial charge in [0.15, 0.2) is 0 Å². The quantitative estimate of drug-likeness (QED) is 0.877. The monoisotopic (exact) mass is 358 g/mol. The third-order valence-corrected chi connectivity index (χ3v) is 3.36. The summed E-state index contributed by atoms with van der Waals surface area (Å²) in [5.74, 6) is -1.50. The standard InChI is InChI=1S/C13H9Cl2FN4O3/c14-7-5-17-20(12(22)11(7)15)6-10(21)19-13(23)18-9-4-2-1-3-8(9)16/h1-5H,6H2,(H2,18,19,21,23). The van der Waals surface area contributed by atoms with E-state index < -0.39 is 29.9 Å². The van der Waals surface area contributed by atoms with Crippen molar-refractivity contribution in [2.45, 2.75) is 6.54 Å². The summed E-state index contributed by atoms with van der Waals surface area (Å²) in [6.45, 7) is -0.555. The zero-order valence-electron chi connectivity index (χ0n) is 11.3. The first-order valence-electron chi connectivity index (χ1n) is 6.15. The van der Waals surface area contributed by atoms with E-state index in [0.29, 0.717) is 0 Å². The molecule has 1 aromatic carbocycles. The Labute approximate surface area is 139 Å². The minimum absolute atomic E-state index is 0.0504. The van der Waals surface area contributed by atoms with E-state index in [4.69, 9.17) is 23.2 Å². The molecule has 1 heterocycles. The second kappa shape index (κ2) is 7.21. The van der Waals surface area contributed by atoms with E-state index in [0.717, 1.165) is 16.9 Å². The van der Waals surface area contributed by atoms with Crippen LogP contribution in [0.5, 0.6) is 0 Å². The minimum atomic E-state index is -0.951. The van der Waals surface area contributed by atoms with Gasteiger partial charge in [-0.15, -0.1) is 0 Å². The zero-order chi connectivity index (χ0) is 17.0. The van der Waals surface area contributed by atoms with Crippen molar-refractivity contribution in [3.8, 4) is 0 Å². The Kier molecular flexibility index (Phi) is 5.30. The Morgan fingerprint density at radius 1 is 1.26 bits per heavy atom. The molecule has 2 rings (SSSR count). The first-order chi connectivity index (χ1) is 10.9. The van der Waals surface area contributed by atoms with Crippen LogP contribution in [0.3, 0.4) is 0 Å². The number of anilines is 1. The molecule has 0 aliphatic carbocycles. The van der Waals surface area contributed by atoms with Gasteiger partial charge in [0.25, 0.3) is 5.56 Å². The lowest BCUT2D eigenvalue weighted by atomic mass is 10.3. The summed E-state index contributed by atoms with van der Waals surface area (Å²) >= 11 is 11.2. The smallest absolute Gasteiger partial charge is 0.305 e. The molecule has 3 amide bonds. The SMILES string of the molecule is O=C(Cn1ncc(Cl)c(Cl)c1=O)NC(=O)Nc1ccccc1F. The summed E-state index contributed by atoms with van der Waals surface area (Å²) in [7, 11) is 0. The fourth-order valence-electron chi connectivity index (χ4n) is 1.58. The van der Waals surface area contributed by atoms with Gasteiger partial charge in [-0.1, -0.05) is 35.3 Å². The van der Waals surface area contributed by atoms with Crippen molar-refractivity contribution < 1.29 is 14.0 Å². The van der Waals surface area contributed by atoms with Crippen molar-refractivity contribution in [2.75, 3.05) is 5.32 Å². The Morgan fingerprint density at radius 3 is 2.65 bits per heavy atom. The number of benzene rings is 1. The van der Waals surface area contributed by atoms with Crippen molar-refractivity contribution in [2.24, 2.45) is 0 Å². The van der Waals surface area contributed by atoms with Crippen molar-refractivity contribution in [3.63, 3.8) is 0 Å². The second-order valence-electron chi connectivity index (χ2n) is 4.25. The number of urea groups is 1. The van der Waals surface area contributed by atoms with E-state index in [2.05, 4.69) is 10.4 Å². The molecule has 0 saturated heterocycles. The van der Waals surface area contributed by atoms with Crippen LogP contribution in [0.15, 0.2) is 35.3 Å². The fourth-order valence-corrected chi connectivity index (χ4v) is 1.85. The maximum atomic E-state index is 13.4. The highest BCUT2D eigenvalue weighted by atomic mass is 35.5. The normalized spacial score (nSPS) is 10.2. The second-order valence-corrected chi connectivity index (χ2v) is 5.04. The van der Waals surface area contributed by atoms with Crippen LogP contribution >= 0.6 is 23.2 Å². The van der Waals surface area contributed by atoms with Crippen LogP contribution in [0.2, 0.25) is 10.0 Å². The van der Waals surface area contributed by atoms with E-state index >= 15 is 0 Å². The maximum absolute atomic E-state index is 13.4. The summed E-state index contributed by atoms with van der Waals surface area (Å²) in [5.41, 5.74) is -0.869. The number of carbonyl (C=O) groups excluding carboxylic acids is 2. The van der Waals surface area contributed by atoms with Crippen LogP contribution < -0.4 is 16.2 Å². The molecule has 0 aliphatic heterocycles. The number of rotatable bonds is 3. The Balaban J connectivity index is 2.00. The van der Waals surface area contributed by atoms with Crippen molar-refractivity contribution in [3.05, 3.63) is 56.7 Å². The first kappa shape index (κ1) is 16.9. The van der Waals surface area contributed by atoms with E-state index in [9.17, 15) is 18.8 Å². The van der Waals surface area contributed by atoms with Crippen LogP contribution in [0.4, 0.5) is 14.9 Å². The predicted octanol–water partition coefficient (Wildman–Crippen LogP) is 2.04. The highest BCUT2D eigenvalue weighted by Crippen LogP contribution is 2.14. The molecule has 0 spiro atoms. The van der Waals surface area contributed by atoms with E-state index in [1.54, 1.807) is 0 Å². The van der Waals surface area contributed by atoms with Crippen LogP contribution in [-0.4, -0.2) is 21.7 Å². The van der Waals surface area contributed by atoms with Gasteiger partial charge in [0.2, 0.25) is 5.91 Å². The molecule has 1 aromatic heterocycles. The molecule has 0 radical (unpaired) electrons. The predicted molar refractivity (Wildman–Crippen MR) is 82.1 cm³/mol. The first-order valence-corrected chi connectivity index (χ1v) is 6.90. The number of para-hydroxylation sites is 1. The molecular weight excluding hydrogens is 350 g/mol. The summed E-state index contributed by atoms with van der Waals surface area (Å²) < 4.78 is 14.1. The summed E-state index contributed by atoms with van der Waals surface area (Å²) in [4.78, 5) is 35.0. The number of imide groups is 1. The van der Waals surface area contributed by atoms with Gasteiger partial charge < -0.3 is 5.32 Å². The molecule has 2 aromatic rings. The van der Waals surface area contributed by atoms with Crippen LogP contribution in [0.1, 0.15) is 0 Å². The summed E-state index contributed by atoms with van der Waals surface area (Å²) in [6.07, 6.45) is 1.10. The molecule has 2 N–H and O–H groups in total. The van der Waals surface area contributed by atoms with Crippen LogP contribution in [0, 0.1) is 5.82 Å². The van der Waals surface area contributed by atoms with E-state index in [1.807, 2.05) is 5.32 Å². The maximum Gasteiger partial charge on any atom is 0.326 e. The van der Waals surface area contributed by atoms with Gasteiger partial charge in [0, 0.05) is 0 Å². The van der Waals surface area contributed by atoms with Gasteiger partial charge in [0.1, 0.15) is 17.4 Å². The third-order valence-electron chi connectivity index (χ3n) is 2.61. The van der Waals surface area contributed by atoms with Gasteiger partial charge >= 0.3 is 6.03 Å². The van der Waals surface area contributed by atoms with Gasteiger partial charge in [-0.25, -0.2) is 13.9 Å². The van der Waals surface area contributed by atoms with Crippen molar-refractivity contribution in [1.82, 2.24) is 15.1 Å². The molecule has 10 heteroatoms. The van der Waals surface area contributed by atoms with Crippen LogP contribution in [0.25, 0.3) is 0 Å². The minimum Gasteiger partial charge on any atom is -0.305 e. The number of hydrogen-bond acceptors (Lipinski definition) is 4. The van der Waals surface area contributed by atoms with Crippen LogP contribution in [-0.2, 0) is 11.3 Å². The lowest BCUT2D eigenvalue weighted by Crippen LogP contribution is -2.39. The number of amides is 3. The molecule has 0 bridgehead atoms. The highest BCUT2D eigenvalue weighted by molar-refractivity contribution is 6.41. The van der Waals surface area contributed by atoms with Gasteiger partial charge in [-0.3, -0.25) is 14.9 Å². The Hall–Kier alpha value is -2.45. The lowest BCUT2D eigenvalue weighted by Gasteiger charge is -2.08. The summed E-state index contributed by atoms with van der Waals surface area (Å²) in [6, 6.07) is 4.49. The molecule has 0 aliphatic rings. The zero-order valence-corrected chi connectivity index (χ0v) is 12.9. The third kappa shape index (κ3) is 4.27. The van der Waals surface area contributed by atoms with E-state index in [-0.39, 0.29) is 15.7 Å². The van der Waals surface area contributed by atoms with Gasteiger partial charge in [0.05, 0.1) is 16.9 Å². The Bertz CT molecular complexity index is 825. The molecule has 0 fully saturated rings. The Morgan fingerprint density at radius 2 is 1.96 bits per heavy atom. The molecule has 0 unspecified atom stereocenters. The highest BCUT2D eigenvalue weighted by Gasteiger charge is 2.14. The molecule has 0 saturated carbocycles. The van der Waals surface area contributed by atoms with Crippen molar-refractivity contribution in [1.29, 1.82) is 0 Å². The number of nitrogens with one attached hydrogen (secondary N) is 2. The number of nitrogens with zero attached hydrogens (tertiary/aromatic N) is 2. The topological polar surface area (TPSA) is 93.1 Å². The lowest BCUT2D eigenvalue weighted by molar-refractivity contribution is -0.120. The van der Waals surface area contributed by atoms with Gasteiger partial charge in [-0.2, -0.15) is 5.10 Å². The fraction of sp³-hybridized carbons (Fsp3) is 0.0769. The average molecular weight is 359 g/mol. The van der Waals surface area contributed by atoms with Crippen molar-refractivity contribution >= 4 is 40.8 Å². The number of hydrogen-bond donors (Lipinski definition) is 2. The molecular formula is C13H9Cl2FN4O3. The number of halogens is 3. The largest absolute Gasteiger partial charge is 0.326 e. The molecule has 0 atom stereocenters. The average Bonchev–Trinajstić information content (AvgIpc) is 2.50. The van der Waals surface area contributed by atoms with E-state index in [1.165, 1.54) is 18.2 Å². The molecule has 120 valence electrons.